The van der Waals surface area contributed by atoms with E-state index in [1.807, 2.05) is 0 Å². The van der Waals surface area contributed by atoms with Gasteiger partial charge < -0.3 is 34.3 Å². The van der Waals surface area contributed by atoms with Crippen molar-refractivity contribution < 1.29 is 56.4 Å². The second kappa shape index (κ2) is 14.3. The molecule has 1 saturated heterocycles. The first-order valence-corrected chi connectivity index (χ1v) is 14.2. The molecule has 0 aromatic heterocycles. The number of aliphatic hydroxyl groups excluding tert-OH is 1. The highest BCUT2D eigenvalue weighted by molar-refractivity contribution is 6.04. The minimum absolute atomic E-state index is 0.0246. The molecule has 0 bridgehead atoms. The lowest BCUT2D eigenvalue weighted by atomic mass is 10.1. The second-order valence-electron chi connectivity index (χ2n) is 12.3. The van der Waals surface area contributed by atoms with E-state index in [9.17, 15) is 37.5 Å². The van der Waals surface area contributed by atoms with Gasteiger partial charge in [0.05, 0.1) is 19.7 Å². The zero-order valence-corrected chi connectivity index (χ0v) is 26.5. The number of nitrogens with one attached hydrogen (secondary N) is 1. The van der Waals surface area contributed by atoms with Crippen LogP contribution in [0.1, 0.15) is 47.1 Å². The molecule has 47 heavy (non-hydrogen) atoms. The third-order valence-electron chi connectivity index (χ3n) is 6.06. The lowest BCUT2D eigenvalue weighted by molar-refractivity contribution is -0.274. The number of halogens is 3. The van der Waals surface area contributed by atoms with Gasteiger partial charge in [0.25, 0.3) is 11.8 Å². The van der Waals surface area contributed by atoms with Gasteiger partial charge in [0.15, 0.2) is 17.9 Å². The Morgan fingerprint density at radius 1 is 1.06 bits per heavy atom. The van der Waals surface area contributed by atoms with E-state index in [0.717, 1.165) is 17.0 Å². The number of rotatable bonds is 7. The molecule has 13 nitrogen and oxygen atoms in total. The van der Waals surface area contributed by atoms with Gasteiger partial charge >= 0.3 is 18.5 Å². The molecular weight excluding hydrogens is 629 g/mol. The van der Waals surface area contributed by atoms with Crippen molar-refractivity contribution in [1.29, 1.82) is 0 Å². The van der Waals surface area contributed by atoms with Crippen LogP contribution in [0.5, 0.6) is 5.75 Å². The predicted octanol–water partition coefficient (Wildman–Crippen LogP) is 5.54. The molecule has 0 radical (unpaired) electrons. The number of nitrogens with zero attached hydrogens (tertiary/aromatic N) is 3. The second-order valence-corrected chi connectivity index (χ2v) is 12.3. The number of imide groups is 1. The number of amides is 4. The number of ether oxygens (including phenoxy) is 4. The molecular formula is C31H35F3N4O9. The lowest BCUT2D eigenvalue weighted by Gasteiger charge is -2.34. The molecule has 4 amide bonds. The first-order valence-electron chi connectivity index (χ1n) is 14.2. The van der Waals surface area contributed by atoms with Gasteiger partial charge in [-0.15, -0.1) is 13.2 Å². The van der Waals surface area contributed by atoms with Crippen molar-refractivity contribution in [2.45, 2.75) is 77.9 Å². The summed E-state index contributed by atoms with van der Waals surface area (Å²) in [7, 11) is 0. The summed E-state index contributed by atoms with van der Waals surface area (Å²) in [6.45, 7) is 16.4. The Morgan fingerprint density at radius 2 is 1.68 bits per heavy atom. The molecule has 16 heteroatoms. The standard InChI is InChI=1S/C31H35F3N4O9/c1-29(2,3)46-27(42)38(28(43)47-30(4,5)6)17-18-15-19(11-12-22(18)35-7)36-25(40)23(39)24-26(41)37(13-14-44-24)20-9-8-10-21(16-20)45-31(32,33)34/h8-12,15-16,23-24,39H,13-14,17H2,1-6H3,(H,36,40)/t23-,24-/m1/s1. The van der Waals surface area contributed by atoms with E-state index in [2.05, 4.69) is 14.9 Å². The van der Waals surface area contributed by atoms with Crippen molar-refractivity contribution in [3.05, 3.63) is 59.4 Å². The third kappa shape index (κ3) is 10.6. The maximum atomic E-state index is 13.2. The normalized spacial score (nSPS) is 16.1. The number of morpholine rings is 1. The fourth-order valence-electron chi connectivity index (χ4n) is 4.20. The first-order chi connectivity index (χ1) is 21.7. The zero-order chi connectivity index (χ0) is 35.3. The summed E-state index contributed by atoms with van der Waals surface area (Å²) < 4.78 is 58.0. The number of carbonyl (C=O) groups excluding carboxylic acids is 4. The van der Waals surface area contributed by atoms with Gasteiger partial charge in [-0.25, -0.2) is 19.3 Å². The summed E-state index contributed by atoms with van der Waals surface area (Å²) in [4.78, 5) is 57.3. The Kier molecular flexibility index (Phi) is 11.1. The fraction of sp³-hybridized carbons (Fsp3) is 0.452. The summed E-state index contributed by atoms with van der Waals surface area (Å²) in [6, 6.07) is 8.57. The zero-order valence-electron chi connectivity index (χ0n) is 26.5. The highest BCUT2D eigenvalue weighted by Gasteiger charge is 2.40. The lowest BCUT2D eigenvalue weighted by Crippen LogP contribution is -2.55. The molecule has 2 N–H and O–H groups in total. The van der Waals surface area contributed by atoms with Crippen molar-refractivity contribution in [1.82, 2.24) is 4.90 Å². The van der Waals surface area contributed by atoms with Crippen LogP contribution < -0.4 is 15.0 Å². The van der Waals surface area contributed by atoms with E-state index in [0.29, 0.717) is 4.90 Å². The minimum atomic E-state index is -4.96. The highest BCUT2D eigenvalue weighted by atomic mass is 19.4. The van der Waals surface area contributed by atoms with E-state index >= 15 is 0 Å². The number of benzene rings is 2. The van der Waals surface area contributed by atoms with Crippen LogP contribution in [0.15, 0.2) is 42.5 Å². The van der Waals surface area contributed by atoms with E-state index < -0.39 is 66.1 Å². The Morgan fingerprint density at radius 3 is 2.23 bits per heavy atom. The summed E-state index contributed by atoms with van der Waals surface area (Å²) in [6.07, 6.45) is -10.8. The van der Waals surface area contributed by atoms with E-state index in [1.165, 1.54) is 30.3 Å². The molecule has 2 atom stereocenters. The molecule has 0 saturated carbocycles. The van der Waals surface area contributed by atoms with Gasteiger partial charge in [0, 0.05) is 24.0 Å². The summed E-state index contributed by atoms with van der Waals surface area (Å²) >= 11 is 0. The van der Waals surface area contributed by atoms with Gasteiger partial charge in [-0.05, 0) is 71.4 Å². The van der Waals surface area contributed by atoms with Crippen LogP contribution in [-0.2, 0) is 30.3 Å². The number of anilines is 2. The molecule has 0 aliphatic carbocycles. The van der Waals surface area contributed by atoms with Crippen molar-refractivity contribution in [2.75, 3.05) is 23.4 Å². The number of hydrogen-bond donors (Lipinski definition) is 2. The highest BCUT2D eigenvalue weighted by Crippen LogP contribution is 2.30. The van der Waals surface area contributed by atoms with Gasteiger partial charge in [0.1, 0.15) is 17.0 Å². The van der Waals surface area contributed by atoms with Gasteiger partial charge in [0.2, 0.25) is 0 Å². The van der Waals surface area contributed by atoms with Gasteiger partial charge in [-0.2, -0.15) is 0 Å². The Hall–Kier alpha value is -4.88. The van der Waals surface area contributed by atoms with Crippen molar-refractivity contribution >= 4 is 41.1 Å². The molecule has 1 heterocycles. The van der Waals surface area contributed by atoms with Gasteiger partial charge in [-0.3, -0.25) is 9.59 Å². The number of hydrogen-bond acceptors (Lipinski definition) is 9. The van der Waals surface area contributed by atoms with Gasteiger partial charge in [-0.1, -0.05) is 12.1 Å². The molecule has 2 aromatic carbocycles. The monoisotopic (exact) mass is 664 g/mol. The SMILES string of the molecule is [C-]#[N+]c1ccc(NC(=O)[C@H](O)[C@H]2OCCN(c3cccc(OC(F)(F)F)c3)C2=O)cc1CN(C(=O)OC(C)(C)C)C(=O)OC(C)(C)C. The van der Waals surface area contributed by atoms with Crippen LogP contribution in [0, 0.1) is 6.57 Å². The molecule has 0 unspecified atom stereocenters. The van der Waals surface area contributed by atoms with Crippen molar-refractivity contribution in [2.24, 2.45) is 0 Å². The minimum Gasteiger partial charge on any atom is -0.443 e. The first kappa shape index (κ1) is 36.6. The summed E-state index contributed by atoms with van der Waals surface area (Å²) in [5.41, 5.74) is -1.75. The molecule has 2 aromatic rings. The fourth-order valence-corrected chi connectivity index (χ4v) is 4.20. The topological polar surface area (TPSA) is 148 Å². The molecule has 3 rings (SSSR count). The van der Waals surface area contributed by atoms with Crippen LogP contribution in [0.25, 0.3) is 4.85 Å². The smallest absolute Gasteiger partial charge is 0.443 e. The molecule has 1 aliphatic heterocycles. The summed E-state index contributed by atoms with van der Waals surface area (Å²) in [5.74, 6) is -2.55. The van der Waals surface area contributed by atoms with E-state index in [-0.39, 0.29) is 35.8 Å². The van der Waals surface area contributed by atoms with Crippen LogP contribution in [-0.4, -0.2) is 76.9 Å². The van der Waals surface area contributed by atoms with Crippen LogP contribution in [0.3, 0.4) is 0 Å². The predicted molar refractivity (Wildman–Crippen MR) is 161 cm³/mol. The number of aliphatic hydroxyl groups is 1. The summed E-state index contributed by atoms with van der Waals surface area (Å²) in [5, 5.41) is 13.2. The third-order valence-corrected chi connectivity index (χ3v) is 6.06. The van der Waals surface area contributed by atoms with Crippen LogP contribution in [0.2, 0.25) is 0 Å². The Labute approximate surface area is 268 Å². The van der Waals surface area contributed by atoms with Crippen LogP contribution in [0.4, 0.5) is 39.8 Å². The molecule has 0 spiro atoms. The average molecular weight is 665 g/mol. The molecule has 1 fully saturated rings. The molecule has 254 valence electrons. The number of carbonyl (C=O) groups is 4. The molecule has 1 aliphatic rings. The maximum Gasteiger partial charge on any atom is 0.573 e. The quantitative estimate of drug-likeness (QED) is 0.364. The average Bonchev–Trinajstić information content (AvgIpc) is 2.93. The van der Waals surface area contributed by atoms with E-state index in [4.69, 9.17) is 20.8 Å². The van der Waals surface area contributed by atoms with E-state index in [1.54, 1.807) is 41.5 Å². The van der Waals surface area contributed by atoms with Crippen molar-refractivity contribution in [3.63, 3.8) is 0 Å². The maximum absolute atomic E-state index is 13.2. The largest absolute Gasteiger partial charge is 0.573 e. The van der Waals surface area contributed by atoms with Crippen LogP contribution >= 0.6 is 0 Å². The Bertz CT molecular complexity index is 1520. The number of alkyl halides is 3. The Balaban J connectivity index is 1.81. The van der Waals surface area contributed by atoms with Crippen molar-refractivity contribution in [3.8, 4) is 5.75 Å².